The summed E-state index contributed by atoms with van der Waals surface area (Å²) in [7, 11) is 0. The number of carbonyl (C=O) groups is 1. The third-order valence-corrected chi connectivity index (χ3v) is 2.78. The second kappa shape index (κ2) is 4.58. The van der Waals surface area contributed by atoms with E-state index in [-0.39, 0.29) is 5.78 Å². The van der Waals surface area contributed by atoms with Crippen LogP contribution in [-0.4, -0.2) is 23.8 Å². The van der Waals surface area contributed by atoms with E-state index in [9.17, 15) is 4.79 Å². The number of rotatable bonds is 3. The summed E-state index contributed by atoms with van der Waals surface area (Å²) in [6.45, 7) is 4.79. The molecule has 79 valence electrons. The second-order valence-electron chi connectivity index (χ2n) is 4.07. The SMILES string of the molecule is CC(=O)c1cccc(CN2C[CH]CC2)c1. The molecule has 2 heteroatoms. The average molecular weight is 202 g/mol. The van der Waals surface area contributed by atoms with Gasteiger partial charge in [-0.05, 0) is 37.9 Å². The molecule has 0 atom stereocenters. The Morgan fingerprint density at radius 3 is 3.00 bits per heavy atom. The highest BCUT2D eigenvalue weighted by molar-refractivity contribution is 5.94. The fourth-order valence-corrected chi connectivity index (χ4v) is 1.93. The van der Waals surface area contributed by atoms with Crippen LogP contribution in [0, 0.1) is 6.42 Å². The van der Waals surface area contributed by atoms with Crippen LogP contribution in [-0.2, 0) is 6.54 Å². The van der Waals surface area contributed by atoms with Gasteiger partial charge in [-0.25, -0.2) is 0 Å². The monoisotopic (exact) mass is 202 g/mol. The molecule has 0 aromatic heterocycles. The summed E-state index contributed by atoms with van der Waals surface area (Å²) >= 11 is 0. The summed E-state index contributed by atoms with van der Waals surface area (Å²) in [5.41, 5.74) is 2.05. The molecule has 2 nitrogen and oxygen atoms in total. The number of benzene rings is 1. The van der Waals surface area contributed by atoms with Crippen LogP contribution in [0.4, 0.5) is 0 Å². The minimum atomic E-state index is 0.143. The van der Waals surface area contributed by atoms with Crippen molar-refractivity contribution in [2.45, 2.75) is 19.9 Å². The number of ketones is 1. The standard InChI is InChI=1S/C13H16NO/c1-11(15)13-6-4-5-12(9-13)10-14-7-2-3-8-14/h2,4-6,9H,3,7-8,10H2,1H3. The Kier molecular flexibility index (Phi) is 3.17. The minimum Gasteiger partial charge on any atom is -0.299 e. The average Bonchev–Trinajstić information content (AvgIpc) is 2.71. The number of likely N-dealkylation sites (tertiary alicyclic amines) is 1. The minimum absolute atomic E-state index is 0.143. The highest BCUT2D eigenvalue weighted by atomic mass is 16.1. The Labute approximate surface area is 90.9 Å². The normalized spacial score (nSPS) is 16.9. The summed E-state index contributed by atoms with van der Waals surface area (Å²) in [5, 5.41) is 0. The lowest BCUT2D eigenvalue weighted by Gasteiger charge is -2.14. The zero-order valence-corrected chi connectivity index (χ0v) is 9.07. The van der Waals surface area contributed by atoms with Crippen LogP contribution in [0.2, 0.25) is 0 Å². The predicted octanol–water partition coefficient (Wildman–Crippen LogP) is 2.30. The fraction of sp³-hybridized carbons (Fsp3) is 0.385. The molecule has 1 fully saturated rings. The summed E-state index contributed by atoms with van der Waals surface area (Å²) < 4.78 is 0. The van der Waals surface area contributed by atoms with Crippen molar-refractivity contribution in [2.24, 2.45) is 0 Å². The molecule has 0 aliphatic carbocycles. The van der Waals surface area contributed by atoms with Crippen LogP contribution < -0.4 is 0 Å². The molecular weight excluding hydrogens is 186 g/mol. The van der Waals surface area contributed by atoms with Crippen molar-refractivity contribution in [2.75, 3.05) is 13.1 Å². The first-order valence-electron chi connectivity index (χ1n) is 5.39. The van der Waals surface area contributed by atoms with Gasteiger partial charge in [0.25, 0.3) is 0 Å². The van der Waals surface area contributed by atoms with E-state index < -0.39 is 0 Å². The summed E-state index contributed by atoms with van der Waals surface area (Å²) in [6.07, 6.45) is 3.49. The Morgan fingerprint density at radius 1 is 1.47 bits per heavy atom. The first-order chi connectivity index (χ1) is 7.25. The van der Waals surface area contributed by atoms with Crippen molar-refractivity contribution in [3.05, 3.63) is 41.8 Å². The highest BCUT2D eigenvalue weighted by Gasteiger charge is 2.12. The van der Waals surface area contributed by atoms with Crippen LogP contribution in [0.5, 0.6) is 0 Å². The van der Waals surface area contributed by atoms with E-state index in [0.717, 1.165) is 25.2 Å². The molecule has 2 rings (SSSR count). The van der Waals surface area contributed by atoms with Crippen LogP contribution in [0.15, 0.2) is 24.3 Å². The number of Topliss-reactive ketones (excluding diaryl/α,β-unsaturated/α-hetero) is 1. The molecule has 1 radical (unpaired) electrons. The number of hydrogen-bond acceptors (Lipinski definition) is 2. The van der Waals surface area contributed by atoms with Gasteiger partial charge in [0, 0.05) is 18.7 Å². The fourth-order valence-electron chi connectivity index (χ4n) is 1.93. The van der Waals surface area contributed by atoms with Crippen LogP contribution in [0.1, 0.15) is 29.3 Å². The van der Waals surface area contributed by atoms with E-state index in [1.165, 1.54) is 12.0 Å². The van der Waals surface area contributed by atoms with Gasteiger partial charge >= 0.3 is 0 Å². The van der Waals surface area contributed by atoms with Gasteiger partial charge < -0.3 is 0 Å². The number of carbonyl (C=O) groups excluding carboxylic acids is 1. The lowest BCUT2D eigenvalue weighted by molar-refractivity contribution is 0.101. The summed E-state index contributed by atoms with van der Waals surface area (Å²) in [4.78, 5) is 13.6. The quantitative estimate of drug-likeness (QED) is 0.701. The third-order valence-electron chi connectivity index (χ3n) is 2.78. The predicted molar refractivity (Wildman–Crippen MR) is 60.6 cm³/mol. The maximum atomic E-state index is 11.2. The molecule has 15 heavy (non-hydrogen) atoms. The maximum Gasteiger partial charge on any atom is 0.159 e. The van der Waals surface area contributed by atoms with Crippen LogP contribution >= 0.6 is 0 Å². The molecule has 0 unspecified atom stereocenters. The second-order valence-corrected chi connectivity index (χ2v) is 4.07. The largest absolute Gasteiger partial charge is 0.299 e. The Hall–Kier alpha value is -1.15. The number of nitrogens with zero attached hydrogens (tertiary/aromatic N) is 1. The van der Waals surface area contributed by atoms with Crippen molar-refractivity contribution in [3.8, 4) is 0 Å². The van der Waals surface area contributed by atoms with E-state index in [0.29, 0.717) is 0 Å². The number of hydrogen-bond donors (Lipinski definition) is 0. The topological polar surface area (TPSA) is 20.3 Å². The van der Waals surface area contributed by atoms with Gasteiger partial charge in [-0.3, -0.25) is 9.69 Å². The molecule has 1 aromatic carbocycles. The molecule has 1 saturated heterocycles. The molecule has 1 aromatic rings. The zero-order valence-electron chi connectivity index (χ0n) is 9.07. The lowest BCUT2D eigenvalue weighted by atomic mass is 10.1. The Bertz CT molecular complexity index is 353. The third kappa shape index (κ3) is 2.66. The molecule has 0 amide bonds. The zero-order chi connectivity index (χ0) is 10.7. The van der Waals surface area contributed by atoms with E-state index in [2.05, 4.69) is 17.4 Å². The van der Waals surface area contributed by atoms with E-state index in [1.807, 2.05) is 18.2 Å². The lowest BCUT2D eigenvalue weighted by Crippen LogP contribution is -2.18. The van der Waals surface area contributed by atoms with Gasteiger partial charge in [-0.1, -0.05) is 18.2 Å². The van der Waals surface area contributed by atoms with Crippen molar-refractivity contribution in [1.82, 2.24) is 4.90 Å². The van der Waals surface area contributed by atoms with Gasteiger partial charge in [0.2, 0.25) is 0 Å². The molecule has 1 heterocycles. The molecule has 0 N–H and O–H groups in total. The Morgan fingerprint density at radius 2 is 2.33 bits per heavy atom. The van der Waals surface area contributed by atoms with Crippen LogP contribution in [0.25, 0.3) is 0 Å². The van der Waals surface area contributed by atoms with Gasteiger partial charge in [0.15, 0.2) is 5.78 Å². The molecular formula is C13H16NO. The van der Waals surface area contributed by atoms with E-state index in [4.69, 9.17) is 0 Å². The van der Waals surface area contributed by atoms with E-state index in [1.54, 1.807) is 6.92 Å². The Balaban J connectivity index is 2.07. The summed E-state index contributed by atoms with van der Waals surface area (Å²) in [6, 6.07) is 7.93. The first-order valence-corrected chi connectivity index (χ1v) is 5.39. The van der Waals surface area contributed by atoms with Gasteiger partial charge in [-0.15, -0.1) is 0 Å². The van der Waals surface area contributed by atoms with Crippen molar-refractivity contribution >= 4 is 5.78 Å². The first kappa shape index (κ1) is 10.4. The van der Waals surface area contributed by atoms with Gasteiger partial charge in [0.1, 0.15) is 0 Å². The van der Waals surface area contributed by atoms with Crippen molar-refractivity contribution < 1.29 is 4.79 Å². The smallest absolute Gasteiger partial charge is 0.159 e. The van der Waals surface area contributed by atoms with E-state index >= 15 is 0 Å². The molecule has 0 spiro atoms. The van der Waals surface area contributed by atoms with Gasteiger partial charge in [-0.2, -0.15) is 0 Å². The molecule has 1 aliphatic heterocycles. The highest BCUT2D eigenvalue weighted by Crippen LogP contribution is 2.13. The molecule has 1 aliphatic rings. The summed E-state index contributed by atoms with van der Waals surface area (Å²) in [5.74, 6) is 0.143. The molecule has 0 saturated carbocycles. The molecule has 0 bridgehead atoms. The van der Waals surface area contributed by atoms with Crippen molar-refractivity contribution in [3.63, 3.8) is 0 Å². The van der Waals surface area contributed by atoms with Gasteiger partial charge in [0.05, 0.1) is 0 Å². The van der Waals surface area contributed by atoms with Crippen molar-refractivity contribution in [1.29, 1.82) is 0 Å². The van der Waals surface area contributed by atoms with Crippen LogP contribution in [0.3, 0.4) is 0 Å². The maximum absolute atomic E-state index is 11.2.